The maximum absolute atomic E-state index is 13.0. The minimum absolute atomic E-state index is 0.155. The fraction of sp³-hybridized carbons (Fsp3) is 0.0833. The lowest BCUT2D eigenvalue weighted by molar-refractivity contribution is -0.122. The molecule has 4 rings (SSSR count). The number of carbonyl (C=O) groups is 4. The van der Waals surface area contributed by atoms with E-state index in [1.165, 1.54) is 18.2 Å². The van der Waals surface area contributed by atoms with Crippen LogP contribution < -0.4 is 10.2 Å². The molecule has 1 saturated heterocycles. The molecular weight excluding hydrogens is 492 g/mol. The summed E-state index contributed by atoms with van der Waals surface area (Å²) in [6.45, 7) is 3.57. The normalized spacial score (nSPS) is 15.2. The molecule has 0 spiro atoms. The van der Waals surface area contributed by atoms with Gasteiger partial charge in [0.05, 0.1) is 11.3 Å². The van der Waals surface area contributed by atoms with Gasteiger partial charge in [-0.15, -0.1) is 0 Å². The molecule has 1 aliphatic heterocycles. The maximum Gasteiger partial charge on any atom is 0.335 e. The maximum atomic E-state index is 13.0. The summed E-state index contributed by atoms with van der Waals surface area (Å²) in [4.78, 5) is 49.9. The molecule has 0 unspecified atom stereocenters. The highest BCUT2D eigenvalue weighted by Gasteiger charge is 2.37. The van der Waals surface area contributed by atoms with Crippen LogP contribution in [0, 0.1) is 13.8 Å². The Morgan fingerprint density at radius 2 is 1.79 bits per heavy atom. The van der Waals surface area contributed by atoms with Gasteiger partial charge < -0.3 is 9.52 Å². The molecule has 33 heavy (non-hydrogen) atoms. The van der Waals surface area contributed by atoms with Crippen molar-refractivity contribution in [1.82, 2.24) is 5.32 Å². The number of carboxylic acids is 1. The standard InChI is InChI=1S/C24H17BrN2O6/c1-12-9-14(23(30)31)3-6-17(12)20-8-5-16(33-20)11-18-21(28)26-24(32)27(22(18)29)15-4-7-19(25)13(2)10-15/h3-11H,1-2H3,(H,30,31)(H,26,28,32)/b18-11+. The summed E-state index contributed by atoms with van der Waals surface area (Å²) in [6, 6.07) is 12.0. The van der Waals surface area contributed by atoms with Crippen LogP contribution in [0.1, 0.15) is 27.2 Å². The Kier molecular flexibility index (Phi) is 5.73. The zero-order valence-electron chi connectivity index (χ0n) is 17.5. The Labute approximate surface area is 196 Å². The second-order valence-corrected chi connectivity index (χ2v) is 8.28. The minimum atomic E-state index is -1.03. The van der Waals surface area contributed by atoms with Crippen LogP contribution >= 0.6 is 15.9 Å². The van der Waals surface area contributed by atoms with Crippen LogP contribution in [0.25, 0.3) is 17.4 Å². The van der Waals surface area contributed by atoms with Gasteiger partial charge in [0.25, 0.3) is 11.8 Å². The average molecular weight is 509 g/mol. The number of amides is 4. The number of furan rings is 1. The Bertz CT molecular complexity index is 1370. The Hall–Kier alpha value is -3.98. The van der Waals surface area contributed by atoms with Gasteiger partial charge in [-0.25, -0.2) is 14.5 Å². The van der Waals surface area contributed by atoms with Crippen molar-refractivity contribution >= 4 is 51.5 Å². The SMILES string of the molecule is Cc1cc(N2C(=O)NC(=O)/C(=C\c3ccc(-c4ccc(C(=O)O)cc4C)o3)C2=O)ccc1Br. The van der Waals surface area contributed by atoms with Crippen molar-refractivity contribution < 1.29 is 28.7 Å². The van der Waals surface area contributed by atoms with E-state index in [4.69, 9.17) is 9.52 Å². The lowest BCUT2D eigenvalue weighted by Gasteiger charge is -2.26. The van der Waals surface area contributed by atoms with E-state index < -0.39 is 23.8 Å². The number of urea groups is 1. The lowest BCUT2D eigenvalue weighted by Crippen LogP contribution is -2.54. The number of imide groups is 2. The number of barbiturate groups is 1. The number of aromatic carboxylic acids is 1. The van der Waals surface area contributed by atoms with E-state index in [2.05, 4.69) is 21.2 Å². The summed E-state index contributed by atoms with van der Waals surface area (Å²) in [6.07, 6.45) is 1.27. The van der Waals surface area contributed by atoms with E-state index in [-0.39, 0.29) is 16.9 Å². The van der Waals surface area contributed by atoms with Crippen LogP contribution in [0.3, 0.4) is 0 Å². The van der Waals surface area contributed by atoms with Crippen LogP contribution in [0.2, 0.25) is 0 Å². The first-order valence-corrected chi connectivity index (χ1v) is 10.6. The number of aryl methyl sites for hydroxylation is 2. The number of hydrogen-bond acceptors (Lipinski definition) is 5. The largest absolute Gasteiger partial charge is 0.478 e. The fourth-order valence-corrected chi connectivity index (χ4v) is 3.70. The monoisotopic (exact) mass is 508 g/mol. The molecule has 4 amide bonds. The van der Waals surface area contributed by atoms with E-state index in [0.717, 1.165) is 14.9 Å². The minimum Gasteiger partial charge on any atom is -0.478 e. The molecule has 0 bridgehead atoms. The van der Waals surface area contributed by atoms with Gasteiger partial charge in [0.15, 0.2) is 0 Å². The van der Waals surface area contributed by atoms with Gasteiger partial charge in [-0.2, -0.15) is 0 Å². The summed E-state index contributed by atoms with van der Waals surface area (Å²) in [7, 11) is 0. The predicted molar refractivity (Wildman–Crippen MR) is 124 cm³/mol. The quantitative estimate of drug-likeness (QED) is 0.389. The number of carboxylic acid groups (broad SMARTS) is 1. The van der Waals surface area contributed by atoms with E-state index in [1.54, 1.807) is 43.3 Å². The van der Waals surface area contributed by atoms with Crippen LogP contribution in [0.5, 0.6) is 0 Å². The molecule has 8 nitrogen and oxygen atoms in total. The highest BCUT2D eigenvalue weighted by Crippen LogP contribution is 2.29. The number of benzene rings is 2. The zero-order valence-corrected chi connectivity index (χ0v) is 19.1. The third-order valence-electron chi connectivity index (χ3n) is 5.15. The number of anilines is 1. The molecule has 2 aromatic carbocycles. The van der Waals surface area contributed by atoms with Gasteiger partial charge in [0, 0.05) is 10.0 Å². The number of hydrogen-bond donors (Lipinski definition) is 2. The first kappa shape index (κ1) is 22.2. The van der Waals surface area contributed by atoms with Crippen LogP contribution in [0.4, 0.5) is 10.5 Å². The Balaban J connectivity index is 1.67. The van der Waals surface area contributed by atoms with Gasteiger partial charge in [-0.1, -0.05) is 22.0 Å². The summed E-state index contributed by atoms with van der Waals surface area (Å²) >= 11 is 3.38. The molecule has 2 heterocycles. The summed E-state index contributed by atoms with van der Waals surface area (Å²) in [5, 5.41) is 11.3. The van der Waals surface area contributed by atoms with Crippen molar-refractivity contribution in [2.24, 2.45) is 0 Å². The third kappa shape index (κ3) is 4.22. The molecule has 0 aliphatic carbocycles. The van der Waals surface area contributed by atoms with E-state index >= 15 is 0 Å². The second-order valence-electron chi connectivity index (χ2n) is 7.43. The summed E-state index contributed by atoms with van der Waals surface area (Å²) in [5.74, 6) is -1.96. The number of halogens is 1. The fourth-order valence-electron chi connectivity index (χ4n) is 3.45. The van der Waals surface area contributed by atoms with E-state index in [0.29, 0.717) is 22.6 Å². The van der Waals surface area contributed by atoms with Crippen molar-refractivity contribution in [3.05, 3.63) is 81.0 Å². The van der Waals surface area contributed by atoms with Crippen molar-refractivity contribution in [2.45, 2.75) is 13.8 Å². The first-order chi connectivity index (χ1) is 15.7. The molecule has 166 valence electrons. The van der Waals surface area contributed by atoms with Crippen molar-refractivity contribution in [3.8, 4) is 11.3 Å². The highest BCUT2D eigenvalue weighted by molar-refractivity contribution is 9.10. The molecule has 3 aromatic rings. The van der Waals surface area contributed by atoms with Crippen LogP contribution in [0.15, 0.2) is 63.0 Å². The van der Waals surface area contributed by atoms with Gasteiger partial charge in [-0.05, 0) is 73.5 Å². The Morgan fingerprint density at radius 1 is 1.03 bits per heavy atom. The average Bonchev–Trinajstić information content (AvgIpc) is 3.21. The van der Waals surface area contributed by atoms with Crippen molar-refractivity contribution in [1.29, 1.82) is 0 Å². The lowest BCUT2D eigenvalue weighted by atomic mass is 10.0. The molecular formula is C24H17BrN2O6. The van der Waals surface area contributed by atoms with Crippen molar-refractivity contribution in [3.63, 3.8) is 0 Å². The molecule has 0 radical (unpaired) electrons. The predicted octanol–water partition coefficient (Wildman–Crippen LogP) is 4.69. The van der Waals surface area contributed by atoms with Gasteiger partial charge in [-0.3, -0.25) is 14.9 Å². The van der Waals surface area contributed by atoms with Gasteiger partial charge in [0.1, 0.15) is 17.1 Å². The van der Waals surface area contributed by atoms with Gasteiger partial charge in [0.2, 0.25) is 0 Å². The number of carbonyl (C=O) groups excluding carboxylic acids is 3. The van der Waals surface area contributed by atoms with E-state index in [1.807, 2.05) is 6.92 Å². The Morgan fingerprint density at radius 3 is 2.45 bits per heavy atom. The summed E-state index contributed by atoms with van der Waals surface area (Å²) in [5.41, 5.74) is 2.40. The molecule has 1 aromatic heterocycles. The molecule has 1 fully saturated rings. The molecule has 2 N–H and O–H groups in total. The number of rotatable bonds is 4. The topological polar surface area (TPSA) is 117 Å². The van der Waals surface area contributed by atoms with Crippen LogP contribution in [-0.4, -0.2) is 28.9 Å². The number of nitrogens with zero attached hydrogens (tertiary/aromatic N) is 1. The number of nitrogens with one attached hydrogen (secondary N) is 1. The second kappa shape index (κ2) is 8.51. The highest BCUT2D eigenvalue weighted by atomic mass is 79.9. The van der Waals surface area contributed by atoms with Crippen LogP contribution in [-0.2, 0) is 9.59 Å². The zero-order chi connectivity index (χ0) is 23.9. The smallest absolute Gasteiger partial charge is 0.335 e. The molecule has 0 saturated carbocycles. The van der Waals surface area contributed by atoms with Gasteiger partial charge >= 0.3 is 12.0 Å². The summed E-state index contributed by atoms with van der Waals surface area (Å²) < 4.78 is 6.60. The van der Waals surface area contributed by atoms with Crippen molar-refractivity contribution in [2.75, 3.05) is 4.90 Å². The van der Waals surface area contributed by atoms with E-state index in [9.17, 15) is 19.2 Å². The molecule has 0 atom stereocenters. The third-order valence-corrected chi connectivity index (χ3v) is 6.04. The molecule has 9 heteroatoms. The first-order valence-electron chi connectivity index (χ1n) is 9.77. The molecule has 1 aliphatic rings.